The Morgan fingerprint density at radius 3 is 3.00 bits per heavy atom. The Labute approximate surface area is 124 Å². The van der Waals surface area contributed by atoms with E-state index in [0.29, 0.717) is 6.61 Å². The van der Waals surface area contributed by atoms with E-state index in [1.807, 2.05) is 22.9 Å². The van der Waals surface area contributed by atoms with Crippen molar-refractivity contribution >= 4 is 33.6 Å². The number of thiazole rings is 1. The molecule has 0 saturated carbocycles. The summed E-state index contributed by atoms with van der Waals surface area (Å²) in [6.07, 6.45) is 2.28. The van der Waals surface area contributed by atoms with Gasteiger partial charge >= 0.3 is 5.97 Å². The summed E-state index contributed by atoms with van der Waals surface area (Å²) in [5.74, 6) is -0.200. The number of hydrogen-bond acceptors (Lipinski definition) is 5. The number of hydrogen-bond donors (Lipinski definition) is 0. The number of rotatable bonds is 4. The summed E-state index contributed by atoms with van der Waals surface area (Å²) >= 11 is 3.27. The largest absolute Gasteiger partial charge is 0.466 e. The quantitative estimate of drug-likeness (QED) is 0.693. The lowest BCUT2D eigenvalue weighted by Gasteiger charge is -2.00. The van der Waals surface area contributed by atoms with Crippen LogP contribution in [0.2, 0.25) is 0 Å². The molecular weight excluding hydrogens is 292 g/mol. The first-order valence-electron chi connectivity index (χ1n) is 6.35. The van der Waals surface area contributed by atoms with E-state index in [0.717, 1.165) is 21.2 Å². The van der Waals surface area contributed by atoms with Crippen LogP contribution < -0.4 is 0 Å². The van der Waals surface area contributed by atoms with E-state index in [4.69, 9.17) is 4.74 Å². The molecule has 0 bridgehead atoms. The van der Waals surface area contributed by atoms with Gasteiger partial charge in [0.1, 0.15) is 5.69 Å². The molecule has 0 amide bonds. The Bertz CT molecular complexity index is 754. The highest BCUT2D eigenvalue weighted by molar-refractivity contribution is 7.16. The third-order valence-electron chi connectivity index (χ3n) is 2.91. The summed E-state index contributed by atoms with van der Waals surface area (Å²) in [6.45, 7) is 4.31. The van der Waals surface area contributed by atoms with Crippen LogP contribution in [0.15, 0.2) is 23.7 Å². The first-order valence-corrected chi connectivity index (χ1v) is 8.05. The lowest BCUT2D eigenvalue weighted by molar-refractivity contribution is -0.142. The Balaban J connectivity index is 1.92. The molecule has 0 atom stereocenters. The van der Waals surface area contributed by atoms with Gasteiger partial charge in [-0.1, -0.05) is 0 Å². The van der Waals surface area contributed by atoms with E-state index in [9.17, 15) is 4.79 Å². The van der Waals surface area contributed by atoms with Gasteiger partial charge < -0.3 is 4.74 Å². The molecule has 0 aliphatic rings. The van der Waals surface area contributed by atoms with Crippen molar-refractivity contribution in [3.8, 4) is 10.6 Å². The minimum absolute atomic E-state index is 0.200. The molecule has 4 nitrogen and oxygen atoms in total. The SMILES string of the molecule is CCOC(=O)Cc1csc2nc(-c3ccc(C)s3)cn12. The Morgan fingerprint density at radius 2 is 2.30 bits per heavy atom. The molecule has 3 heterocycles. The second-order valence-corrected chi connectivity index (χ2v) is 6.52. The number of thiophene rings is 1. The van der Waals surface area contributed by atoms with Gasteiger partial charge in [0.05, 0.1) is 17.9 Å². The minimum Gasteiger partial charge on any atom is -0.466 e. The number of ether oxygens (including phenoxy) is 1. The van der Waals surface area contributed by atoms with Gasteiger partial charge in [0.2, 0.25) is 0 Å². The first kappa shape index (κ1) is 13.3. The Hall–Kier alpha value is -1.66. The number of aromatic nitrogens is 2. The van der Waals surface area contributed by atoms with Gasteiger partial charge in [0.25, 0.3) is 0 Å². The fraction of sp³-hybridized carbons (Fsp3) is 0.286. The van der Waals surface area contributed by atoms with Crippen LogP contribution in [-0.2, 0) is 16.0 Å². The number of nitrogens with zero attached hydrogens (tertiary/aromatic N) is 2. The summed E-state index contributed by atoms with van der Waals surface area (Å²) in [5.41, 5.74) is 1.88. The molecule has 0 aliphatic carbocycles. The van der Waals surface area contributed by atoms with Crippen LogP contribution >= 0.6 is 22.7 Å². The summed E-state index contributed by atoms with van der Waals surface area (Å²) in [7, 11) is 0. The van der Waals surface area contributed by atoms with E-state index in [-0.39, 0.29) is 12.4 Å². The average molecular weight is 306 g/mol. The molecule has 0 radical (unpaired) electrons. The predicted octanol–water partition coefficient (Wildman–Crippen LogP) is 3.54. The lowest BCUT2D eigenvalue weighted by atomic mass is 10.3. The van der Waals surface area contributed by atoms with Crippen LogP contribution in [0, 0.1) is 6.92 Å². The molecule has 0 N–H and O–H groups in total. The number of esters is 1. The van der Waals surface area contributed by atoms with E-state index in [1.165, 1.54) is 4.88 Å². The van der Waals surface area contributed by atoms with Crippen LogP contribution in [0.5, 0.6) is 0 Å². The summed E-state index contributed by atoms with van der Waals surface area (Å²) in [5, 5.41) is 1.96. The monoisotopic (exact) mass is 306 g/mol. The van der Waals surface area contributed by atoms with Crippen LogP contribution in [0.25, 0.3) is 15.5 Å². The van der Waals surface area contributed by atoms with Gasteiger partial charge in [-0.15, -0.1) is 22.7 Å². The van der Waals surface area contributed by atoms with Crippen molar-refractivity contribution in [1.82, 2.24) is 9.38 Å². The van der Waals surface area contributed by atoms with Crippen molar-refractivity contribution in [1.29, 1.82) is 0 Å². The van der Waals surface area contributed by atoms with Crippen molar-refractivity contribution in [3.63, 3.8) is 0 Å². The molecule has 0 saturated heterocycles. The van der Waals surface area contributed by atoms with Gasteiger partial charge in [0, 0.05) is 22.1 Å². The van der Waals surface area contributed by atoms with Crippen LogP contribution in [0.1, 0.15) is 17.5 Å². The molecular formula is C14H14N2O2S2. The molecule has 0 aromatic carbocycles. The normalized spacial score (nSPS) is 11.1. The van der Waals surface area contributed by atoms with Crippen molar-refractivity contribution in [2.24, 2.45) is 0 Å². The summed E-state index contributed by atoms with van der Waals surface area (Å²) < 4.78 is 6.97. The lowest BCUT2D eigenvalue weighted by Crippen LogP contribution is -2.08. The molecule has 20 heavy (non-hydrogen) atoms. The maximum atomic E-state index is 11.6. The molecule has 0 fully saturated rings. The number of aryl methyl sites for hydroxylation is 1. The van der Waals surface area contributed by atoms with Gasteiger partial charge in [-0.2, -0.15) is 0 Å². The van der Waals surface area contributed by atoms with Crippen molar-refractivity contribution < 1.29 is 9.53 Å². The van der Waals surface area contributed by atoms with Crippen molar-refractivity contribution in [2.45, 2.75) is 20.3 Å². The second kappa shape index (κ2) is 5.38. The van der Waals surface area contributed by atoms with Gasteiger partial charge in [-0.05, 0) is 26.0 Å². The van der Waals surface area contributed by atoms with Crippen LogP contribution in [-0.4, -0.2) is 22.0 Å². The number of carbonyl (C=O) groups is 1. The molecule has 6 heteroatoms. The third kappa shape index (κ3) is 2.48. The second-order valence-electron chi connectivity index (χ2n) is 4.40. The summed E-state index contributed by atoms with van der Waals surface area (Å²) in [6, 6.07) is 4.17. The maximum Gasteiger partial charge on any atom is 0.311 e. The predicted molar refractivity (Wildman–Crippen MR) is 81.5 cm³/mol. The van der Waals surface area contributed by atoms with Gasteiger partial charge in [-0.25, -0.2) is 4.98 Å². The van der Waals surface area contributed by atoms with Crippen molar-refractivity contribution in [2.75, 3.05) is 6.61 Å². The standard InChI is InChI=1S/C14H14N2O2S2/c1-3-18-13(17)6-10-8-19-14-15-11(7-16(10)14)12-5-4-9(2)20-12/h4-5,7-8H,3,6H2,1-2H3. The van der Waals surface area contributed by atoms with Crippen LogP contribution in [0.3, 0.4) is 0 Å². The topological polar surface area (TPSA) is 43.6 Å². The fourth-order valence-corrected chi connectivity index (χ4v) is 3.70. The Morgan fingerprint density at radius 1 is 1.45 bits per heavy atom. The number of carbonyl (C=O) groups excluding carboxylic acids is 1. The highest BCUT2D eigenvalue weighted by Crippen LogP contribution is 2.29. The highest BCUT2D eigenvalue weighted by atomic mass is 32.1. The zero-order valence-electron chi connectivity index (χ0n) is 11.3. The maximum absolute atomic E-state index is 11.6. The zero-order chi connectivity index (χ0) is 14.1. The van der Waals surface area contributed by atoms with Gasteiger partial charge in [0.15, 0.2) is 4.96 Å². The molecule has 104 valence electrons. The zero-order valence-corrected chi connectivity index (χ0v) is 12.9. The van der Waals surface area contributed by atoms with Gasteiger partial charge in [-0.3, -0.25) is 9.20 Å². The molecule has 3 rings (SSSR count). The Kier molecular flexibility index (Phi) is 3.58. The molecule has 0 aliphatic heterocycles. The highest BCUT2D eigenvalue weighted by Gasteiger charge is 2.13. The number of imidazole rings is 1. The van der Waals surface area contributed by atoms with Crippen molar-refractivity contribution in [3.05, 3.63) is 34.3 Å². The van der Waals surface area contributed by atoms with Crippen LogP contribution in [0.4, 0.5) is 0 Å². The molecule has 3 aromatic heterocycles. The van der Waals surface area contributed by atoms with E-state index in [2.05, 4.69) is 24.0 Å². The molecule has 3 aromatic rings. The third-order valence-corrected chi connectivity index (χ3v) is 4.82. The molecule has 0 unspecified atom stereocenters. The average Bonchev–Trinajstić information content (AvgIpc) is 3.06. The van der Waals surface area contributed by atoms with E-state index in [1.54, 1.807) is 22.7 Å². The smallest absolute Gasteiger partial charge is 0.311 e. The first-order chi connectivity index (χ1) is 9.67. The summed E-state index contributed by atoms with van der Waals surface area (Å²) in [4.78, 5) is 19.5. The fourth-order valence-electron chi connectivity index (χ4n) is 2.01. The minimum atomic E-state index is -0.200. The molecule has 0 spiro atoms. The van der Waals surface area contributed by atoms with E-state index < -0.39 is 0 Å². The van der Waals surface area contributed by atoms with E-state index >= 15 is 0 Å². The number of fused-ring (bicyclic) bond motifs is 1.